The monoisotopic (exact) mass is 272 g/mol. The summed E-state index contributed by atoms with van der Waals surface area (Å²) in [5.74, 6) is 1.32. The minimum absolute atomic E-state index is 0.218. The van der Waals surface area contributed by atoms with Crippen molar-refractivity contribution in [1.29, 1.82) is 0 Å². The topological polar surface area (TPSA) is 71.3 Å². The van der Waals surface area contributed by atoms with Gasteiger partial charge in [0.25, 0.3) is 5.91 Å². The molecule has 0 aliphatic carbocycles. The summed E-state index contributed by atoms with van der Waals surface area (Å²) in [6.45, 7) is 2.34. The van der Waals surface area contributed by atoms with Crippen LogP contribution in [0.4, 0.5) is 5.82 Å². The average molecular weight is 272 g/mol. The third kappa shape index (κ3) is 2.79. The highest BCUT2D eigenvalue weighted by atomic mass is 16.3. The van der Waals surface area contributed by atoms with Crippen molar-refractivity contribution in [3.8, 4) is 0 Å². The number of carbonyl (C=O) groups is 1. The normalized spacial score (nSPS) is 14.5. The van der Waals surface area contributed by atoms with Gasteiger partial charge in [-0.1, -0.05) is 0 Å². The summed E-state index contributed by atoms with van der Waals surface area (Å²) in [5.41, 5.74) is 0.383. The SMILES string of the molecule is O=C(NCc1ccco1)c1cc(N2CCCC2)ncn1. The molecule has 0 saturated carbocycles. The molecule has 1 fully saturated rings. The van der Waals surface area contributed by atoms with Gasteiger partial charge in [-0.25, -0.2) is 9.97 Å². The molecule has 0 radical (unpaired) electrons. The molecule has 0 unspecified atom stereocenters. The van der Waals surface area contributed by atoms with Crippen LogP contribution in [-0.2, 0) is 6.54 Å². The first-order valence-corrected chi connectivity index (χ1v) is 6.70. The van der Waals surface area contributed by atoms with Crippen molar-refractivity contribution in [2.75, 3.05) is 18.0 Å². The molecular formula is C14H16N4O2. The van der Waals surface area contributed by atoms with E-state index in [1.807, 2.05) is 6.07 Å². The van der Waals surface area contributed by atoms with Crippen LogP contribution in [0.15, 0.2) is 35.2 Å². The van der Waals surface area contributed by atoms with Gasteiger partial charge in [-0.3, -0.25) is 4.79 Å². The highest BCUT2D eigenvalue weighted by molar-refractivity contribution is 5.92. The first kappa shape index (κ1) is 12.7. The molecule has 1 aliphatic rings. The maximum atomic E-state index is 12.0. The Morgan fingerprint density at radius 1 is 1.35 bits per heavy atom. The fraction of sp³-hybridized carbons (Fsp3) is 0.357. The Bertz CT molecular complexity index is 577. The van der Waals surface area contributed by atoms with E-state index in [1.165, 1.54) is 19.2 Å². The van der Waals surface area contributed by atoms with Gasteiger partial charge in [0.15, 0.2) is 0 Å². The zero-order chi connectivity index (χ0) is 13.8. The average Bonchev–Trinajstić information content (AvgIpc) is 3.18. The van der Waals surface area contributed by atoms with E-state index in [4.69, 9.17) is 4.42 Å². The second-order valence-electron chi connectivity index (χ2n) is 4.72. The summed E-state index contributed by atoms with van der Waals surface area (Å²) in [5, 5.41) is 2.78. The van der Waals surface area contributed by atoms with Crippen molar-refractivity contribution in [2.24, 2.45) is 0 Å². The smallest absolute Gasteiger partial charge is 0.270 e. The van der Waals surface area contributed by atoms with E-state index < -0.39 is 0 Å². The predicted octanol–water partition coefficient (Wildman–Crippen LogP) is 1.60. The van der Waals surface area contributed by atoms with Gasteiger partial charge in [-0.05, 0) is 25.0 Å². The molecule has 0 bridgehead atoms. The van der Waals surface area contributed by atoms with E-state index in [0.717, 1.165) is 18.9 Å². The van der Waals surface area contributed by atoms with Gasteiger partial charge in [0.1, 0.15) is 23.6 Å². The fourth-order valence-corrected chi connectivity index (χ4v) is 2.26. The maximum absolute atomic E-state index is 12.0. The molecule has 2 aromatic rings. The van der Waals surface area contributed by atoms with Crippen molar-refractivity contribution < 1.29 is 9.21 Å². The van der Waals surface area contributed by atoms with E-state index >= 15 is 0 Å². The lowest BCUT2D eigenvalue weighted by atomic mass is 10.3. The van der Waals surface area contributed by atoms with Gasteiger partial charge in [0, 0.05) is 19.2 Å². The number of carbonyl (C=O) groups excluding carboxylic acids is 1. The molecule has 3 rings (SSSR count). The highest BCUT2D eigenvalue weighted by Gasteiger charge is 2.16. The first-order chi connectivity index (χ1) is 9.83. The molecule has 6 nitrogen and oxygen atoms in total. The maximum Gasteiger partial charge on any atom is 0.270 e. The van der Waals surface area contributed by atoms with Gasteiger partial charge in [-0.2, -0.15) is 0 Å². The Kier molecular flexibility index (Phi) is 3.62. The standard InChI is InChI=1S/C14H16N4O2/c19-14(15-9-11-4-3-7-20-11)12-8-13(17-10-16-12)18-5-1-2-6-18/h3-4,7-8,10H,1-2,5-6,9H2,(H,15,19). The summed E-state index contributed by atoms with van der Waals surface area (Å²) in [7, 11) is 0. The van der Waals surface area contributed by atoms with Crippen LogP contribution >= 0.6 is 0 Å². The van der Waals surface area contributed by atoms with Gasteiger partial charge in [0.2, 0.25) is 0 Å². The Morgan fingerprint density at radius 2 is 2.20 bits per heavy atom. The summed E-state index contributed by atoms with van der Waals surface area (Å²) in [6.07, 6.45) is 5.36. The van der Waals surface area contributed by atoms with Crippen LogP contribution in [0.3, 0.4) is 0 Å². The van der Waals surface area contributed by atoms with E-state index in [-0.39, 0.29) is 5.91 Å². The largest absolute Gasteiger partial charge is 0.467 e. The number of anilines is 1. The zero-order valence-electron chi connectivity index (χ0n) is 11.1. The molecule has 1 N–H and O–H groups in total. The molecule has 20 heavy (non-hydrogen) atoms. The molecule has 3 heterocycles. The van der Waals surface area contributed by atoms with Gasteiger partial charge in [-0.15, -0.1) is 0 Å². The molecule has 0 aromatic carbocycles. The first-order valence-electron chi connectivity index (χ1n) is 6.70. The number of hydrogen-bond acceptors (Lipinski definition) is 5. The Balaban J connectivity index is 1.66. The molecule has 0 spiro atoms. The van der Waals surface area contributed by atoms with Crippen LogP contribution in [0, 0.1) is 0 Å². The lowest BCUT2D eigenvalue weighted by Gasteiger charge is -2.16. The number of rotatable bonds is 4. The lowest BCUT2D eigenvalue weighted by molar-refractivity contribution is 0.0943. The Labute approximate surface area is 116 Å². The van der Waals surface area contributed by atoms with E-state index in [2.05, 4.69) is 20.2 Å². The quantitative estimate of drug-likeness (QED) is 0.915. The Morgan fingerprint density at radius 3 is 2.95 bits per heavy atom. The predicted molar refractivity (Wildman–Crippen MR) is 73.4 cm³/mol. The number of nitrogens with one attached hydrogen (secondary N) is 1. The van der Waals surface area contributed by atoms with Crippen LogP contribution in [-0.4, -0.2) is 29.0 Å². The summed E-state index contributed by atoms with van der Waals surface area (Å²) in [4.78, 5) is 22.5. The second-order valence-corrected chi connectivity index (χ2v) is 4.72. The minimum atomic E-state index is -0.218. The van der Waals surface area contributed by atoms with Crippen LogP contribution in [0.5, 0.6) is 0 Å². The minimum Gasteiger partial charge on any atom is -0.467 e. The second kappa shape index (κ2) is 5.73. The van der Waals surface area contributed by atoms with Crippen molar-refractivity contribution >= 4 is 11.7 Å². The molecule has 104 valence electrons. The van der Waals surface area contributed by atoms with Crippen molar-refractivity contribution in [3.63, 3.8) is 0 Å². The van der Waals surface area contributed by atoms with Crippen LogP contribution in [0.2, 0.25) is 0 Å². The van der Waals surface area contributed by atoms with Crippen molar-refractivity contribution in [1.82, 2.24) is 15.3 Å². The summed E-state index contributed by atoms with van der Waals surface area (Å²) in [6, 6.07) is 5.34. The fourth-order valence-electron chi connectivity index (χ4n) is 2.26. The molecule has 1 saturated heterocycles. The van der Waals surface area contributed by atoms with Crippen molar-refractivity contribution in [2.45, 2.75) is 19.4 Å². The number of amides is 1. The summed E-state index contributed by atoms with van der Waals surface area (Å²) < 4.78 is 5.17. The van der Waals surface area contributed by atoms with Crippen LogP contribution in [0.25, 0.3) is 0 Å². The number of nitrogens with zero attached hydrogens (tertiary/aromatic N) is 3. The van der Waals surface area contributed by atoms with E-state index in [0.29, 0.717) is 18.0 Å². The molecule has 1 aliphatic heterocycles. The molecule has 2 aromatic heterocycles. The highest BCUT2D eigenvalue weighted by Crippen LogP contribution is 2.17. The van der Waals surface area contributed by atoms with Crippen LogP contribution in [0.1, 0.15) is 29.1 Å². The Hall–Kier alpha value is -2.37. The lowest BCUT2D eigenvalue weighted by Crippen LogP contribution is -2.25. The molecule has 0 atom stereocenters. The number of aromatic nitrogens is 2. The third-order valence-electron chi connectivity index (χ3n) is 3.32. The van der Waals surface area contributed by atoms with Gasteiger partial charge < -0.3 is 14.6 Å². The number of furan rings is 1. The number of hydrogen-bond donors (Lipinski definition) is 1. The molecule has 1 amide bonds. The summed E-state index contributed by atoms with van der Waals surface area (Å²) >= 11 is 0. The van der Waals surface area contributed by atoms with Crippen LogP contribution < -0.4 is 10.2 Å². The van der Waals surface area contributed by atoms with E-state index in [1.54, 1.807) is 18.4 Å². The zero-order valence-corrected chi connectivity index (χ0v) is 11.1. The third-order valence-corrected chi connectivity index (χ3v) is 3.32. The van der Waals surface area contributed by atoms with Gasteiger partial charge >= 0.3 is 0 Å². The molecular weight excluding hydrogens is 256 g/mol. The molecule has 6 heteroatoms. The van der Waals surface area contributed by atoms with E-state index in [9.17, 15) is 4.79 Å². The van der Waals surface area contributed by atoms with Gasteiger partial charge in [0.05, 0.1) is 12.8 Å². The van der Waals surface area contributed by atoms with Crippen molar-refractivity contribution in [3.05, 3.63) is 42.2 Å².